The van der Waals surface area contributed by atoms with Gasteiger partial charge in [-0.1, -0.05) is 30.3 Å². The fourth-order valence-electron chi connectivity index (χ4n) is 2.37. The van der Waals surface area contributed by atoms with Crippen LogP contribution < -0.4 is 10.6 Å². The molecule has 1 heterocycles. The summed E-state index contributed by atoms with van der Waals surface area (Å²) in [6.07, 6.45) is 0.761. The fourth-order valence-corrected chi connectivity index (χ4v) is 3.70. The van der Waals surface area contributed by atoms with E-state index in [9.17, 15) is 19.5 Å². The molecule has 1 aromatic rings. The van der Waals surface area contributed by atoms with Crippen LogP contribution in [0.4, 0.5) is 0 Å². The molecule has 1 unspecified atom stereocenters. The van der Waals surface area contributed by atoms with Gasteiger partial charge in [0, 0.05) is 18.7 Å². The van der Waals surface area contributed by atoms with Crippen molar-refractivity contribution >= 4 is 29.5 Å². The maximum Gasteiger partial charge on any atom is 0.330 e. The van der Waals surface area contributed by atoms with Crippen molar-refractivity contribution in [2.24, 2.45) is 0 Å². The van der Waals surface area contributed by atoms with Gasteiger partial charge in [-0.2, -0.15) is 11.8 Å². The van der Waals surface area contributed by atoms with E-state index in [2.05, 4.69) is 10.6 Å². The highest BCUT2D eigenvalue weighted by Crippen LogP contribution is 2.28. The van der Waals surface area contributed by atoms with Gasteiger partial charge in [0.1, 0.15) is 5.54 Å². The van der Waals surface area contributed by atoms with Crippen molar-refractivity contribution in [2.75, 3.05) is 18.1 Å². The molecule has 1 saturated heterocycles. The molecule has 7 heteroatoms. The van der Waals surface area contributed by atoms with E-state index in [1.165, 1.54) is 11.8 Å². The summed E-state index contributed by atoms with van der Waals surface area (Å²) in [6.45, 7) is 0.195. The maximum atomic E-state index is 11.9. The van der Waals surface area contributed by atoms with E-state index in [4.69, 9.17) is 0 Å². The number of hydrogen-bond acceptors (Lipinski definition) is 4. The highest BCUT2D eigenvalue weighted by molar-refractivity contribution is 7.99. The highest BCUT2D eigenvalue weighted by Gasteiger charge is 2.43. The number of nitrogens with one attached hydrogen (secondary N) is 2. The Morgan fingerprint density at radius 3 is 2.52 bits per heavy atom. The molecule has 6 nitrogen and oxygen atoms in total. The molecule has 1 aliphatic rings. The van der Waals surface area contributed by atoms with Crippen LogP contribution >= 0.6 is 11.8 Å². The Labute approximate surface area is 139 Å². The number of carbonyl (C=O) groups excluding carboxylic acids is 2. The number of benzene rings is 1. The number of carboxylic acid groups (broad SMARTS) is 1. The van der Waals surface area contributed by atoms with E-state index in [1.54, 1.807) is 0 Å². The minimum atomic E-state index is -1.16. The van der Waals surface area contributed by atoms with Gasteiger partial charge >= 0.3 is 5.97 Å². The Hall–Kier alpha value is -2.02. The quantitative estimate of drug-likeness (QED) is 0.685. The van der Waals surface area contributed by atoms with Crippen molar-refractivity contribution in [2.45, 2.75) is 24.8 Å². The normalized spacial score (nSPS) is 20.0. The summed E-state index contributed by atoms with van der Waals surface area (Å²) < 4.78 is 0. The number of rotatable bonds is 7. The first-order valence-electron chi connectivity index (χ1n) is 7.45. The summed E-state index contributed by atoms with van der Waals surface area (Å²) in [6, 6.07) is 9.33. The van der Waals surface area contributed by atoms with E-state index < -0.39 is 11.5 Å². The zero-order chi connectivity index (χ0) is 16.7. The molecule has 3 N–H and O–H groups in total. The van der Waals surface area contributed by atoms with Crippen molar-refractivity contribution in [3.63, 3.8) is 0 Å². The molecular weight excluding hydrogens is 316 g/mol. The van der Waals surface area contributed by atoms with Crippen LogP contribution in [-0.2, 0) is 20.8 Å². The molecule has 0 bridgehead atoms. The predicted octanol–water partition coefficient (Wildman–Crippen LogP) is 0.812. The molecule has 2 rings (SSSR count). The monoisotopic (exact) mass is 336 g/mol. The van der Waals surface area contributed by atoms with E-state index in [0.29, 0.717) is 12.2 Å². The summed E-state index contributed by atoms with van der Waals surface area (Å²) in [7, 11) is 0. The molecule has 2 amide bonds. The lowest BCUT2D eigenvalue weighted by molar-refractivity contribution is -0.146. The number of thioether (sulfide) groups is 1. The lowest BCUT2D eigenvalue weighted by atomic mass is 9.99. The third-order valence-corrected chi connectivity index (χ3v) is 4.88. The van der Waals surface area contributed by atoms with Gasteiger partial charge in [0.15, 0.2) is 0 Å². The molecule has 0 aromatic heterocycles. The minimum Gasteiger partial charge on any atom is -0.479 e. The summed E-state index contributed by atoms with van der Waals surface area (Å²) in [4.78, 5) is 35.0. The molecule has 1 aliphatic heterocycles. The van der Waals surface area contributed by atoms with Crippen LogP contribution in [0.3, 0.4) is 0 Å². The molecule has 0 saturated carbocycles. The molecule has 1 aromatic carbocycles. The van der Waals surface area contributed by atoms with Crippen molar-refractivity contribution < 1.29 is 19.5 Å². The zero-order valence-corrected chi connectivity index (χ0v) is 13.5. The van der Waals surface area contributed by atoms with Gasteiger partial charge in [0.25, 0.3) is 0 Å². The van der Waals surface area contributed by atoms with Gasteiger partial charge in [-0.05, 0) is 17.7 Å². The summed E-state index contributed by atoms with van der Waals surface area (Å²) in [5, 5.41) is 14.6. The first-order valence-corrected chi connectivity index (χ1v) is 8.60. The molecule has 0 aliphatic carbocycles. The van der Waals surface area contributed by atoms with Gasteiger partial charge in [-0.3, -0.25) is 9.59 Å². The number of carboxylic acids is 1. The Bertz CT molecular complexity index is 571. The SMILES string of the molecule is O=C(Cc1ccccc1)NCCC(=O)NC1(C(=O)O)CCSC1. The van der Waals surface area contributed by atoms with Crippen molar-refractivity contribution in [1.82, 2.24) is 10.6 Å². The first-order chi connectivity index (χ1) is 11.0. The van der Waals surface area contributed by atoms with Crippen LogP contribution in [0.1, 0.15) is 18.4 Å². The largest absolute Gasteiger partial charge is 0.479 e. The number of hydrogen-bond donors (Lipinski definition) is 3. The smallest absolute Gasteiger partial charge is 0.330 e. The number of amides is 2. The molecule has 1 atom stereocenters. The third kappa shape index (κ3) is 4.99. The van der Waals surface area contributed by atoms with Crippen molar-refractivity contribution in [3.05, 3.63) is 35.9 Å². The van der Waals surface area contributed by atoms with Crippen molar-refractivity contribution in [1.29, 1.82) is 0 Å². The summed E-state index contributed by atoms with van der Waals surface area (Å²) in [5.74, 6) is -0.401. The average molecular weight is 336 g/mol. The number of carbonyl (C=O) groups is 3. The van der Waals surface area contributed by atoms with Crippen LogP contribution in [0.2, 0.25) is 0 Å². The van der Waals surface area contributed by atoms with Gasteiger partial charge in [-0.15, -0.1) is 0 Å². The van der Waals surface area contributed by atoms with E-state index in [1.807, 2.05) is 30.3 Å². The lowest BCUT2D eigenvalue weighted by Gasteiger charge is -2.24. The second-order valence-electron chi connectivity index (χ2n) is 5.50. The van der Waals surface area contributed by atoms with E-state index in [-0.39, 0.29) is 31.2 Å². The van der Waals surface area contributed by atoms with Gasteiger partial charge < -0.3 is 15.7 Å². The first kappa shape index (κ1) is 17.3. The zero-order valence-electron chi connectivity index (χ0n) is 12.7. The third-order valence-electron chi connectivity index (χ3n) is 3.69. The summed E-state index contributed by atoms with van der Waals surface area (Å²) in [5.41, 5.74) is -0.252. The van der Waals surface area contributed by atoms with Crippen molar-refractivity contribution in [3.8, 4) is 0 Å². The predicted molar refractivity (Wildman–Crippen MR) is 88.2 cm³/mol. The van der Waals surface area contributed by atoms with Gasteiger partial charge in [0.2, 0.25) is 11.8 Å². The van der Waals surface area contributed by atoms with Gasteiger partial charge in [0.05, 0.1) is 6.42 Å². The molecule has 0 radical (unpaired) electrons. The second kappa shape index (κ2) is 8.01. The Kier molecular flexibility index (Phi) is 6.04. The molecule has 23 heavy (non-hydrogen) atoms. The van der Waals surface area contributed by atoms with Crippen LogP contribution in [0.5, 0.6) is 0 Å². The topological polar surface area (TPSA) is 95.5 Å². The average Bonchev–Trinajstić information content (AvgIpc) is 2.98. The molecule has 124 valence electrons. The Balaban J connectivity index is 1.72. The lowest BCUT2D eigenvalue weighted by Crippen LogP contribution is -2.55. The van der Waals surface area contributed by atoms with Crippen LogP contribution in [0, 0.1) is 0 Å². The van der Waals surface area contributed by atoms with Crippen LogP contribution in [-0.4, -0.2) is 46.5 Å². The molecule has 0 spiro atoms. The minimum absolute atomic E-state index is 0.0697. The molecular formula is C16H20N2O4S. The van der Waals surface area contributed by atoms with E-state index >= 15 is 0 Å². The highest BCUT2D eigenvalue weighted by atomic mass is 32.2. The van der Waals surface area contributed by atoms with Gasteiger partial charge in [-0.25, -0.2) is 4.79 Å². The summed E-state index contributed by atoms with van der Waals surface area (Å²) >= 11 is 1.52. The fraction of sp³-hybridized carbons (Fsp3) is 0.438. The second-order valence-corrected chi connectivity index (χ2v) is 6.61. The number of aliphatic carboxylic acids is 1. The Morgan fingerprint density at radius 2 is 1.91 bits per heavy atom. The molecule has 1 fully saturated rings. The van der Waals surface area contributed by atoms with Crippen LogP contribution in [0.25, 0.3) is 0 Å². The Morgan fingerprint density at radius 1 is 1.17 bits per heavy atom. The van der Waals surface area contributed by atoms with E-state index in [0.717, 1.165) is 11.3 Å². The standard InChI is InChI=1S/C16H20N2O4S/c19-13(18-16(15(21)22)7-9-23-11-16)6-8-17-14(20)10-12-4-2-1-3-5-12/h1-5H,6-11H2,(H,17,20)(H,18,19)(H,21,22). The van der Waals surface area contributed by atoms with Crippen LogP contribution in [0.15, 0.2) is 30.3 Å². The maximum absolute atomic E-state index is 11.9.